The van der Waals surface area contributed by atoms with Gasteiger partial charge in [-0.1, -0.05) is 26.0 Å². The molecular formula is C26H27FN2O4. The first-order valence-corrected chi connectivity index (χ1v) is 10.8. The van der Waals surface area contributed by atoms with Gasteiger partial charge >= 0.3 is 0 Å². The number of anilines is 1. The molecule has 0 bridgehead atoms. The van der Waals surface area contributed by atoms with Crippen LogP contribution >= 0.6 is 0 Å². The van der Waals surface area contributed by atoms with Gasteiger partial charge in [0.1, 0.15) is 5.82 Å². The Morgan fingerprint density at radius 3 is 2.67 bits per heavy atom. The van der Waals surface area contributed by atoms with Crippen molar-refractivity contribution in [3.63, 3.8) is 0 Å². The van der Waals surface area contributed by atoms with E-state index in [9.17, 15) is 19.1 Å². The first-order valence-electron chi connectivity index (χ1n) is 10.8. The van der Waals surface area contributed by atoms with Crippen LogP contribution in [0.5, 0.6) is 11.5 Å². The van der Waals surface area contributed by atoms with Gasteiger partial charge in [0.15, 0.2) is 17.3 Å². The van der Waals surface area contributed by atoms with Crippen LogP contribution < -0.4 is 15.4 Å². The molecule has 0 aromatic heterocycles. The van der Waals surface area contributed by atoms with Crippen molar-refractivity contribution in [2.75, 3.05) is 12.4 Å². The Balaban J connectivity index is 1.84. The number of ether oxygens (including phenoxy) is 1. The number of ketones is 1. The van der Waals surface area contributed by atoms with Crippen LogP contribution in [0, 0.1) is 11.2 Å². The lowest BCUT2D eigenvalue weighted by Crippen LogP contribution is -2.39. The van der Waals surface area contributed by atoms with Crippen molar-refractivity contribution in [1.82, 2.24) is 5.32 Å². The number of Topliss-reactive ketones (excluding diaryl/α,β-unsaturated/α-hetero) is 1. The molecule has 0 fully saturated rings. The normalized spacial score (nSPS) is 19.7. The summed E-state index contributed by atoms with van der Waals surface area (Å²) in [5.74, 6) is -1.38. The number of dihydropyridines is 1. The zero-order valence-electron chi connectivity index (χ0n) is 19.1. The van der Waals surface area contributed by atoms with Gasteiger partial charge < -0.3 is 20.5 Å². The van der Waals surface area contributed by atoms with Crippen LogP contribution in [-0.4, -0.2) is 23.9 Å². The number of phenolic OH excluding ortho intramolecular Hbond substituents is 1. The molecule has 1 aliphatic heterocycles. The van der Waals surface area contributed by atoms with Crippen molar-refractivity contribution in [2.45, 2.75) is 39.5 Å². The summed E-state index contributed by atoms with van der Waals surface area (Å²) >= 11 is 0. The quantitative estimate of drug-likeness (QED) is 0.624. The number of hydrogen-bond donors (Lipinski definition) is 3. The predicted octanol–water partition coefficient (Wildman–Crippen LogP) is 4.78. The van der Waals surface area contributed by atoms with Crippen molar-refractivity contribution < 1.29 is 23.8 Å². The van der Waals surface area contributed by atoms with Crippen LogP contribution in [0.4, 0.5) is 10.1 Å². The van der Waals surface area contributed by atoms with Crippen molar-refractivity contribution in [3.8, 4) is 11.5 Å². The minimum atomic E-state index is -0.659. The van der Waals surface area contributed by atoms with Gasteiger partial charge in [0.2, 0.25) is 0 Å². The Labute approximate surface area is 192 Å². The highest BCUT2D eigenvalue weighted by atomic mass is 19.1. The molecule has 172 valence electrons. The summed E-state index contributed by atoms with van der Waals surface area (Å²) in [5, 5.41) is 16.1. The number of allylic oxidation sites excluding steroid dienone is 3. The largest absolute Gasteiger partial charge is 0.504 e. The first-order chi connectivity index (χ1) is 15.6. The van der Waals surface area contributed by atoms with E-state index in [2.05, 4.69) is 10.6 Å². The van der Waals surface area contributed by atoms with Crippen LogP contribution in [0.2, 0.25) is 0 Å². The SMILES string of the molecule is COc1cc(C2C(C(=O)Nc3cccc(F)c3)=C(C)NC3=C2C(=O)CC(C)(C)C3)ccc1O. The van der Waals surface area contributed by atoms with Gasteiger partial charge in [-0.25, -0.2) is 4.39 Å². The maximum atomic E-state index is 13.7. The summed E-state index contributed by atoms with van der Waals surface area (Å²) in [6.07, 6.45) is 1.02. The molecule has 2 aromatic rings. The van der Waals surface area contributed by atoms with Gasteiger partial charge in [-0.2, -0.15) is 0 Å². The van der Waals surface area contributed by atoms with E-state index >= 15 is 0 Å². The summed E-state index contributed by atoms with van der Waals surface area (Å²) in [6.45, 7) is 5.88. The molecule has 2 aromatic carbocycles. The van der Waals surface area contributed by atoms with Gasteiger partial charge in [0.05, 0.1) is 7.11 Å². The molecule has 4 rings (SSSR count). The fourth-order valence-electron chi connectivity index (χ4n) is 4.71. The van der Waals surface area contributed by atoms with Gasteiger partial charge in [0.25, 0.3) is 5.91 Å². The summed E-state index contributed by atoms with van der Waals surface area (Å²) < 4.78 is 19.0. The zero-order valence-corrected chi connectivity index (χ0v) is 19.1. The number of rotatable bonds is 4. The van der Waals surface area contributed by atoms with Crippen LogP contribution in [0.15, 0.2) is 65.0 Å². The number of benzene rings is 2. The molecule has 1 heterocycles. The number of carbonyl (C=O) groups excluding carboxylic acids is 2. The van der Waals surface area contributed by atoms with Crippen molar-refractivity contribution in [2.24, 2.45) is 5.41 Å². The van der Waals surface area contributed by atoms with Crippen LogP contribution in [-0.2, 0) is 9.59 Å². The molecule has 33 heavy (non-hydrogen) atoms. The molecule has 3 N–H and O–H groups in total. The molecule has 0 radical (unpaired) electrons. The van der Waals surface area contributed by atoms with Gasteiger partial charge in [-0.15, -0.1) is 0 Å². The average Bonchev–Trinajstić information content (AvgIpc) is 2.72. The van der Waals surface area contributed by atoms with Crippen LogP contribution in [0.3, 0.4) is 0 Å². The number of phenols is 1. The Hall–Kier alpha value is -3.61. The van der Waals surface area contributed by atoms with Gasteiger partial charge in [-0.3, -0.25) is 9.59 Å². The molecule has 1 atom stereocenters. The van der Waals surface area contributed by atoms with E-state index in [4.69, 9.17) is 4.74 Å². The predicted molar refractivity (Wildman–Crippen MR) is 123 cm³/mol. The fraction of sp³-hybridized carbons (Fsp3) is 0.308. The minimum absolute atomic E-state index is 0.0330. The van der Waals surface area contributed by atoms with Crippen LogP contribution in [0.25, 0.3) is 0 Å². The maximum absolute atomic E-state index is 13.7. The molecule has 0 spiro atoms. The zero-order chi connectivity index (χ0) is 23.9. The third-order valence-electron chi connectivity index (χ3n) is 6.10. The molecule has 0 saturated heterocycles. The molecular weight excluding hydrogens is 423 g/mol. The fourth-order valence-corrected chi connectivity index (χ4v) is 4.71. The lowest BCUT2D eigenvalue weighted by atomic mass is 9.68. The highest BCUT2D eigenvalue weighted by molar-refractivity contribution is 6.10. The monoisotopic (exact) mass is 450 g/mol. The lowest BCUT2D eigenvalue weighted by molar-refractivity contribution is -0.118. The summed E-state index contributed by atoms with van der Waals surface area (Å²) in [7, 11) is 1.44. The smallest absolute Gasteiger partial charge is 0.254 e. The molecule has 2 aliphatic rings. The maximum Gasteiger partial charge on any atom is 0.254 e. The highest BCUT2D eigenvalue weighted by Gasteiger charge is 2.42. The molecule has 7 heteroatoms. The Morgan fingerprint density at radius 2 is 1.97 bits per heavy atom. The third-order valence-corrected chi connectivity index (χ3v) is 6.10. The number of carbonyl (C=O) groups is 2. The summed E-state index contributed by atoms with van der Waals surface area (Å²) in [4.78, 5) is 26.8. The van der Waals surface area contributed by atoms with Crippen molar-refractivity contribution in [3.05, 3.63) is 76.4 Å². The lowest BCUT2D eigenvalue weighted by Gasteiger charge is -2.39. The van der Waals surface area contributed by atoms with Crippen molar-refractivity contribution in [1.29, 1.82) is 0 Å². The van der Waals surface area contributed by atoms with Crippen molar-refractivity contribution >= 4 is 17.4 Å². The number of halogens is 1. The Bertz CT molecular complexity index is 1210. The molecule has 1 unspecified atom stereocenters. The topological polar surface area (TPSA) is 87.7 Å². The number of amides is 1. The molecule has 1 aliphatic carbocycles. The number of hydrogen-bond acceptors (Lipinski definition) is 5. The number of aromatic hydroxyl groups is 1. The second kappa shape index (κ2) is 8.39. The number of nitrogens with one attached hydrogen (secondary N) is 2. The van der Waals surface area contributed by atoms with E-state index in [0.717, 1.165) is 5.70 Å². The summed E-state index contributed by atoms with van der Waals surface area (Å²) in [6, 6.07) is 10.5. The first kappa shape index (κ1) is 22.6. The van der Waals surface area contributed by atoms with E-state index in [1.165, 1.54) is 31.4 Å². The van der Waals surface area contributed by atoms with E-state index in [-0.39, 0.29) is 22.7 Å². The van der Waals surface area contributed by atoms with E-state index < -0.39 is 17.6 Å². The second-order valence-electron chi connectivity index (χ2n) is 9.33. The summed E-state index contributed by atoms with van der Waals surface area (Å²) in [5.41, 5.74) is 3.07. The van der Waals surface area contributed by atoms with E-state index in [0.29, 0.717) is 40.9 Å². The van der Waals surface area contributed by atoms with Gasteiger partial charge in [0, 0.05) is 40.6 Å². The Morgan fingerprint density at radius 1 is 1.21 bits per heavy atom. The van der Waals surface area contributed by atoms with E-state index in [1.807, 2.05) is 13.8 Å². The second-order valence-corrected chi connectivity index (χ2v) is 9.33. The van der Waals surface area contributed by atoms with Gasteiger partial charge in [-0.05, 0) is 54.7 Å². The standard InChI is InChI=1S/C26H27FN2O4/c1-14-22(25(32)29-17-7-5-6-16(27)11-17)23(15-8-9-19(30)21(10-15)33-4)24-18(28-14)12-26(2,3)13-20(24)31/h5-11,23,28,30H,12-13H2,1-4H3,(H,29,32). The Kier molecular flexibility index (Phi) is 5.74. The molecule has 1 amide bonds. The number of methoxy groups -OCH3 is 1. The molecule has 6 nitrogen and oxygen atoms in total. The highest BCUT2D eigenvalue weighted by Crippen LogP contribution is 2.47. The average molecular weight is 451 g/mol. The van der Waals surface area contributed by atoms with E-state index in [1.54, 1.807) is 25.1 Å². The minimum Gasteiger partial charge on any atom is -0.504 e. The molecule has 0 saturated carbocycles. The third kappa shape index (κ3) is 4.35. The van der Waals surface area contributed by atoms with Crippen LogP contribution in [0.1, 0.15) is 45.1 Å².